The molecular formula is C16H22BFN6O2. The zero-order chi connectivity index (χ0) is 18.4. The van der Waals surface area contributed by atoms with E-state index in [2.05, 4.69) is 31.0 Å². The van der Waals surface area contributed by atoms with Crippen molar-refractivity contribution in [3.63, 3.8) is 0 Å². The zero-order valence-corrected chi connectivity index (χ0v) is 15.0. The van der Waals surface area contributed by atoms with E-state index in [0.29, 0.717) is 35.1 Å². The zero-order valence-electron chi connectivity index (χ0n) is 15.0. The molecule has 1 aromatic heterocycles. The van der Waals surface area contributed by atoms with Crippen molar-refractivity contribution in [1.82, 2.24) is 15.2 Å². The Morgan fingerprint density at radius 3 is 2.92 bits per heavy atom. The fraction of sp³-hybridized carbons (Fsp3) is 0.438. The summed E-state index contributed by atoms with van der Waals surface area (Å²) in [5.41, 5.74) is 4.37. The molecule has 10 heteroatoms. The van der Waals surface area contributed by atoms with Gasteiger partial charge in [0.05, 0.1) is 6.61 Å². The maximum absolute atomic E-state index is 13.4. The molecule has 0 aliphatic carbocycles. The molecule has 0 unspecified atom stereocenters. The molecular weight excluding hydrogens is 338 g/mol. The molecule has 138 valence electrons. The van der Waals surface area contributed by atoms with Crippen LogP contribution >= 0.6 is 0 Å². The number of nitrogens with zero attached hydrogens (tertiary/aromatic N) is 4. The van der Waals surface area contributed by atoms with Gasteiger partial charge in [-0.25, -0.2) is 14.5 Å². The van der Waals surface area contributed by atoms with Crippen LogP contribution in [-0.2, 0) is 4.84 Å². The lowest BCUT2D eigenvalue weighted by atomic mass is 9.95. The van der Waals surface area contributed by atoms with Gasteiger partial charge in [-0.05, 0) is 54.4 Å². The van der Waals surface area contributed by atoms with Gasteiger partial charge >= 0.3 is 0 Å². The number of anilines is 2. The molecule has 2 heterocycles. The van der Waals surface area contributed by atoms with E-state index in [1.54, 1.807) is 27.0 Å². The van der Waals surface area contributed by atoms with Gasteiger partial charge in [0.25, 0.3) is 0 Å². The normalized spacial score (nSPS) is 15.4. The smallest absolute Gasteiger partial charge is 0.225 e. The average Bonchev–Trinajstić information content (AvgIpc) is 3.31. The summed E-state index contributed by atoms with van der Waals surface area (Å²) < 4.78 is 18.2. The first-order valence-electron chi connectivity index (χ1n) is 8.60. The minimum absolute atomic E-state index is 0.262. The summed E-state index contributed by atoms with van der Waals surface area (Å²) >= 11 is 0. The molecule has 0 saturated carbocycles. The summed E-state index contributed by atoms with van der Waals surface area (Å²) in [6, 6.07) is 4.71. The third kappa shape index (κ3) is 4.58. The second kappa shape index (κ2) is 8.77. The van der Waals surface area contributed by atoms with Gasteiger partial charge in [-0.1, -0.05) is 5.46 Å². The lowest BCUT2D eigenvalue weighted by Gasteiger charge is -2.14. The van der Waals surface area contributed by atoms with Crippen molar-refractivity contribution in [3.8, 4) is 0 Å². The summed E-state index contributed by atoms with van der Waals surface area (Å²) in [4.78, 5) is 12.0. The molecule has 0 bridgehead atoms. The van der Waals surface area contributed by atoms with Crippen molar-refractivity contribution in [2.24, 2.45) is 4.99 Å². The number of aromatic nitrogens is 2. The maximum Gasteiger partial charge on any atom is 0.225 e. The van der Waals surface area contributed by atoms with Gasteiger partial charge in [0, 0.05) is 19.3 Å². The first kappa shape index (κ1) is 18.3. The molecule has 3 rings (SSSR count). The summed E-state index contributed by atoms with van der Waals surface area (Å²) in [6.07, 6.45) is 2.49. The van der Waals surface area contributed by atoms with Gasteiger partial charge < -0.3 is 10.2 Å². The summed E-state index contributed by atoms with van der Waals surface area (Å²) in [6.45, 7) is 3.62. The SMILES string of the molecule is Bc1cc(N/C(=N\C)c2nonc2NOCCN2CCCC2)ccc1F. The van der Waals surface area contributed by atoms with E-state index in [9.17, 15) is 4.39 Å². The Kier molecular flexibility index (Phi) is 6.19. The topological polar surface area (TPSA) is 87.8 Å². The molecule has 1 saturated heterocycles. The quantitative estimate of drug-likeness (QED) is 0.243. The van der Waals surface area contributed by atoms with Crippen LogP contribution in [0.4, 0.5) is 15.9 Å². The molecule has 0 radical (unpaired) electrons. The fourth-order valence-corrected chi connectivity index (χ4v) is 2.79. The largest absolute Gasteiger partial charge is 0.339 e. The second-order valence-corrected chi connectivity index (χ2v) is 6.12. The van der Waals surface area contributed by atoms with Crippen LogP contribution in [0.5, 0.6) is 0 Å². The maximum atomic E-state index is 13.4. The number of hydrogen-bond acceptors (Lipinski definition) is 7. The molecule has 1 aliphatic rings. The highest BCUT2D eigenvalue weighted by Crippen LogP contribution is 2.14. The van der Waals surface area contributed by atoms with Crippen LogP contribution in [0.15, 0.2) is 27.8 Å². The second-order valence-electron chi connectivity index (χ2n) is 6.12. The lowest BCUT2D eigenvalue weighted by molar-refractivity contribution is 0.155. The number of hydrogen-bond donors (Lipinski definition) is 2. The molecule has 8 nitrogen and oxygen atoms in total. The van der Waals surface area contributed by atoms with E-state index < -0.39 is 0 Å². The van der Waals surface area contributed by atoms with Crippen LogP contribution in [0.3, 0.4) is 0 Å². The number of aliphatic imine (C=N–C) groups is 1. The van der Waals surface area contributed by atoms with Gasteiger partial charge in [0.2, 0.25) is 5.82 Å². The molecule has 2 N–H and O–H groups in total. The van der Waals surface area contributed by atoms with E-state index in [0.717, 1.165) is 19.6 Å². The Hall–Kier alpha value is -2.46. The molecule has 0 spiro atoms. The van der Waals surface area contributed by atoms with Crippen molar-refractivity contribution in [2.75, 3.05) is 44.1 Å². The van der Waals surface area contributed by atoms with Crippen LogP contribution in [-0.4, -0.2) is 62.2 Å². The standard InChI is InChI=1S/C16H22BFN6O2/c1-19-15(20-11-4-5-13(18)12(17)10-11)14-16(23-26-21-14)22-25-9-8-24-6-2-3-7-24/h4-5,10H,2-3,6-9,17H2,1H3,(H,19,20)(H,22,23). The number of rotatable bonds is 7. The first-order chi connectivity index (χ1) is 12.7. The number of amidine groups is 1. The van der Waals surface area contributed by atoms with Crippen LogP contribution in [0.25, 0.3) is 0 Å². The molecule has 2 aromatic rings. The predicted octanol–water partition coefficient (Wildman–Crippen LogP) is 0.395. The van der Waals surface area contributed by atoms with Gasteiger partial charge in [0.1, 0.15) is 13.7 Å². The van der Waals surface area contributed by atoms with Crippen molar-refractivity contribution in [2.45, 2.75) is 12.8 Å². The van der Waals surface area contributed by atoms with Crippen LogP contribution in [0, 0.1) is 5.82 Å². The molecule has 1 aliphatic heterocycles. The Morgan fingerprint density at radius 2 is 2.19 bits per heavy atom. The third-order valence-corrected chi connectivity index (χ3v) is 4.23. The number of nitrogens with one attached hydrogen (secondary N) is 2. The summed E-state index contributed by atoms with van der Waals surface area (Å²) in [5.74, 6) is 0.503. The fourth-order valence-electron chi connectivity index (χ4n) is 2.79. The van der Waals surface area contributed by atoms with Crippen LogP contribution < -0.4 is 16.3 Å². The van der Waals surface area contributed by atoms with Gasteiger partial charge in [-0.2, -0.15) is 0 Å². The van der Waals surface area contributed by atoms with Crippen molar-refractivity contribution in [3.05, 3.63) is 29.7 Å². The van der Waals surface area contributed by atoms with Gasteiger partial charge in [-0.3, -0.25) is 9.83 Å². The van der Waals surface area contributed by atoms with E-state index >= 15 is 0 Å². The van der Waals surface area contributed by atoms with Crippen molar-refractivity contribution in [1.29, 1.82) is 0 Å². The summed E-state index contributed by atoms with van der Waals surface area (Å²) in [5, 5.41) is 10.8. The van der Waals surface area contributed by atoms with Crippen LogP contribution in [0.1, 0.15) is 18.5 Å². The average molecular weight is 360 g/mol. The van der Waals surface area contributed by atoms with E-state index in [1.807, 2.05) is 0 Å². The van der Waals surface area contributed by atoms with E-state index in [-0.39, 0.29) is 5.82 Å². The molecule has 0 amide bonds. The lowest BCUT2D eigenvalue weighted by Crippen LogP contribution is -2.25. The third-order valence-electron chi connectivity index (χ3n) is 4.23. The van der Waals surface area contributed by atoms with Crippen LogP contribution in [0.2, 0.25) is 0 Å². The van der Waals surface area contributed by atoms with Crippen molar-refractivity contribution < 1.29 is 13.9 Å². The predicted molar refractivity (Wildman–Crippen MR) is 100 cm³/mol. The van der Waals surface area contributed by atoms with E-state index in [4.69, 9.17) is 9.47 Å². The van der Waals surface area contributed by atoms with E-state index in [1.165, 1.54) is 18.9 Å². The number of benzene rings is 1. The summed E-state index contributed by atoms with van der Waals surface area (Å²) in [7, 11) is 3.31. The number of halogens is 1. The minimum Gasteiger partial charge on any atom is -0.339 e. The molecule has 1 aromatic carbocycles. The monoisotopic (exact) mass is 360 g/mol. The Bertz CT molecular complexity index is 763. The van der Waals surface area contributed by atoms with Crippen molar-refractivity contribution >= 4 is 30.6 Å². The Balaban J connectivity index is 1.58. The Labute approximate surface area is 152 Å². The minimum atomic E-state index is -0.262. The molecule has 0 atom stereocenters. The Morgan fingerprint density at radius 1 is 1.38 bits per heavy atom. The highest BCUT2D eigenvalue weighted by atomic mass is 19.1. The van der Waals surface area contributed by atoms with Gasteiger partial charge in [0.15, 0.2) is 11.5 Å². The molecule has 1 fully saturated rings. The first-order valence-corrected chi connectivity index (χ1v) is 8.60. The molecule has 26 heavy (non-hydrogen) atoms. The highest BCUT2D eigenvalue weighted by molar-refractivity contribution is 6.32. The highest BCUT2D eigenvalue weighted by Gasteiger charge is 2.17. The number of likely N-dealkylation sites (tertiary alicyclic amines) is 1. The van der Waals surface area contributed by atoms with Gasteiger partial charge in [-0.15, -0.1) is 0 Å².